The number of nitrogens with one attached hydrogen (secondary N) is 1. The van der Waals surface area contributed by atoms with Gasteiger partial charge in [-0.1, -0.05) is 32.4 Å². The number of thioether (sulfide) groups is 1. The standard InChI is InChI=1S/C18H27NOS/c1-5-8-19-16(12-21-11-13(2)3)18-10-15-9-14(4)6-7-17(15)20-18/h6-7,9-10,13,16,19H,5,8,11-12H2,1-4H3. The van der Waals surface area contributed by atoms with Crippen LogP contribution in [0, 0.1) is 12.8 Å². The van der Waals surface area contributed by atoms with Crippen molar-refractivity contribution in [3.05, 3.63) is 35.6 Å². The van der Waals surface area contributed by atoms with Gasteiger partial charge in [-0.15, -0.1) is 0 Å². The lowest BCUT2D eigenvalue weighted by molar-refractivity contribution is 0.456. The van der Waals surface area contributed by atoms with Gasteiger partial charge in [0.05, 0.1) is 6.04 Å². The molecule has 1 atom stereocenters. The summed E-state index contributed by atoms with van der Waals surface area (Å²) in [5, 5.41) is 4.83. The predicted octanol–water partition coefficient (Wildman–Crippen LogP) is 5.17. The van der Waals surface area contributed by atoms with Crippen LogP contribution in [-0.2, 0) is 0 Å². The molecule has 0 saturated carbocycles. The third kappa shape index (κ3) is 4.79. The van der Waals surface area contributed by atoms with E-state index in [4.69, 9.17) is 4.42 Å². The molecular formula is C18H27NOS. The van der Waals surface area contributed by atoms with E-state index in [1.54, 1.807) is 0 Å². The predicted molar refractivity (Wildman–Crippen MR) is 94.1 cm³/mol. The maximum absolute atomic E-state index is 6.06. The van der Waals surface area contributed by atoms with Crippen LogP contribution in [0.3, 0.4) is 0 Å². The largest absolute Gasteiger partial charge is 0.459 e. The van der Waals surface area contributed by atoms with Crippen molar-refractivity contribution in [2.45, 2.75) is 40.2 Å². The zero-order valence-corrected chi connectivity index (χ0v) is 14.4. The van der Waals surface area contributed by atoms with E-state index in [9.17, 15) is 0 Å². The topological polar surface area (TPSA) is 25.2 Å². The van der Waals surface area contributed by atoms with E-state index in [2.05, 4.69) is 57.3 Å². The molecule has 0 aliphatic heterocycles. The van der Waals surface area contributed by atoms with Crippen LogP contribution in [-0.4, -0.2) is 18.1 Å². The molecule has 3 heteroatoms. The SMILES string of the molecule is CCCNC(CSCC(C)C)c1cc2cc(C)ccc2o1. The molecule has 1 aromatic heterocycles. The first-order chi connectivity index (χ1) is 10.1. The highest BCUT2D eigenvalue weighted by atomic mass is 32.2. The summed E-state index contributed by atoms with van der Waals surface area (Å²) >= 11 is 2.01. The van der Waals surface area contributed by atoms with Crippen LogP contribution in [0.5, 0.6) is 0 Å². The van der Waals surface area contributed by atoms with Crippen LogP contribution < -0.4 is 5.32 Å². The first-order valence-electron chi connectivity index (χ1n) is 7.91. The molecule has 2 aromatic rings. The number of hydrogen-bond donors (Lipinski definition) is 1. The Morgan fingerprint density at radius 3 is 2.71 bits per heavy atom. The van der Waals surface area contributed by atoms with Crippen molar-refractivity contribution in [1.29, 1.82) is 0 Å². The molecule has 21 heavy (non-hydrogen) atoms. The molecule has 116 valence electrons. The van der Waals surface area contributed by atoms with Crippen LogP contribution in [0.15, 0.2) is 28.7 Å². The lowest BCUT2D eigenvalue weighted by Gasteiger charge is -2.16. The summed E-state index contributed by atoms with van der Waals surface area (Å²) in [6.45, 7) is 9.89. The minimum absolute atomic E-state index is 0.307. The molecule has 0 aliphatic rings. The molecule has 1 aromatic carbocycles. The van der Waals surface area contributed by atoms with E-state index >= 15 is 0 Å². The Morgan fingerprint density at radius 1 is 1.19 bits per heavy atom. The lowest BCUT2D eigenvalue weighted by atomic mass is 10.1. The van der Waals surface area contributed by atoms with Crippen molar-refractivity contribution < 1.29 is 4.42 Å². The van der Waals surface area contributed by atoms with Crippen LogP contribution >= 0.6 is 11.8 Å². The van der Waals surface area contributed by atoms with Gasteiger partial charge in [0, 0.05) is 11.1 Å². The normalized spacial score (nSPS) is 13.2. The zero-order chi connectivity index (χ0) is 15.2. The van der Waals surface area contributed by atoms with Crippen LogP contribution in [0.2, 0.25) is 0 Å². The maximum Gasteiger partial charge on any atom is 0.134 e. The molecule has 0 amide bonds. The zero-order valence-electron chi connectivity index (χ0n) is 13.6. The van der Waals surface area contributed by atoms with E-state index in [0.717, 1.165) is 36.0 Å². The van der Waals surface area contributed by atoms with Gasteiger partial charge in [-0.05, 0) is 49.8 Å². The summed E-state index contributed by atoms with van der Waals surface area (Å²) in [7, 11) is 0. The van der Waals surface area contributed by atoms with Gasteiger partial charge in [-0.3, -0.25) is 0 Å². The minimum Gasteiger partial charge on any atom is -0.459 e. The molecule has 0 bridgehead atoms. The Balaban J connectivity index is 2.12. The summed E-state index contributed by atoms with van der Waals surface area (Å²) in [5.74, 6) is 4.07. The summed E-state index contributed by atoms with van der Waals surface area (Å²) in [4.78, 5) is 0. The molecule has 0 aliphatic carbocycles. The Morgan fingerprint density at radius 2 is 2.00 bits per heavy atom. The molecular weight excluding hydrogens is 278 g/mol. The summed E-state index contributed by atoms with van der Waals surface area (Å²) in [6.07, 6.45) is 1.14. The highest BCUT2D eigenvalue weighted by Crippen LogP contribution is 2.27. The van der Waals surface area contributed by atoms with E-state index in [1.807, 2.05) is 11.8 Å². The molecule has 0 radical (unpaired) electrons. The molecule has 1 unspecified atom stereocenters. The van der Waals surface area contributed by atoms with Gasteiger partial charge < -0.3 is 9.73 Å². The number of fused-ring (bicyclic) bond motifs is 1. The average molecular weight is 305 g/mol. The first kappa shape index (κ1) is 16.4. The number of benzene rings is 1. The van der Waals surface area contributed by atoms with Gasteiger partial charge in [0.25, 0.3) is 0 Å². The second kappa shape index (κ2) is 7.90. The lowest BCUT2D eigenvalue weighted by Crippen LogP contribution is -2.24. The van der Waals surface area contributed by atoms with Crippen LogP contribution in [0.4, 0.5) is 0 Å². The van der Waals surface area contributed by atoms with Gasteiger partial charge in [0.15, 0.2) is 0 Å². The highest BCUT2D eigenvalue weighted by molar-refractivity contribution is 7.99. The average Bonchev–Trinajstić information content (AvgIpc) is 2.84. The summed E-state index contributed by atoms with van der Waals surface area (Å²) in [5.41, 5.74) is 2.27. The molecule has 1 heterocycles. The fourth-order valence-electron chi connectivity index (χ4n) is 2.34. The van der Waals surface area contributed by atoms with Gasteiger partial charge in [-0.25, -0.2) is 0 Å². The molecule has 2 nitrogen and oxygen atoms in total. The number of rotatable bonds is 8. The van der Waals surface area contributed by atoms with Crippen molar-refractivity contribution in [1.82, 2.24) is 5.32 Å². The van der Waals surface area contributed by atoms with Crippen LogP contribution in [0.1, 0.15) is 44.6 Å². The van der Waals surface area contributed by atoms with Gasteiger partial charge in [-0.2, -0.15) is 11.8 Å². The van der Waals surface area contributed by atoms with Crippen molar-refractivity contribution in [3.63, 3.8) is 0 Å². The second-order valence-electron chi connectivity index (χ2n) is 6.13. The Kier molecular flexibility index (Phi) is 6.19. The third-order valence-electron chi connectivity index (χ3n) is 3.41. The number of furan rings is 1. The van der Waals surface area contributed by atoms with Gasteiger partial charge in [0.1, 0.15) is 11.3 Å². The van der Waals surface area contributed by atoms with E-state index in [-0.39, 0.29) is 0 Å². The van der Waals surface area contributed by atoms with Crippen molar-refractivity contribution in [2.75, 3.05) is 18.1 Å². The smallest absolute Gasteiger partial charge is 0.134 e. The van der Waals surface area contributed by atoms with Gasteiger partial charge >= 0.3 is 0 Å². The molecule has 1 N–H and O–H groups in total. The fourth-order valence-corrected chi connectivity index (χ4v) is 3.46. The van der Waals surface area contributed by atoms with Crippen molar-refractivity contribution in [3.8, 4) is 0 Å². The molecule has 0 spiro atoms. The number of hydrogen-bond acceptors (Lipinski definition) is 3. The fraction of sp³-hybridized carbons (Fsp3) is 0.556. The number of aryl methyl sites for hydroxylation is 1. The Hall–Kier alpha value is -0.930. The first-order valence-corrected chi connectivity index (χ1v) is 9.06. The maximum atomic E-state index is 6.06. The quantitative estimate of drug-likeness (QED) is 0.728. The Bertz CT molecular complexity index is 561. The summed E-state index contributed by atoms with van der Waals surface area (Å²) in [6, 6.07) is 8.89. The minimum atomic E-state index is 0.307. The van der Waals surface area contributed by atoms with Crippen LogP contribution in [0.25, 0.3) is 11.0 Å². The van der Waals surface area contributed by atoms with Gasteiger partial charge in [0.2, 0.25) is 0 Å². The van der Waals surface area contributed by atoms with E-state index < -0.39 is 0 Å². The van der Waals surface area contributed by atoms with E-state index in [0.29, 0.717) is 6.04 Å². The second-order valence-corrected chi connectivity index (χ2v) is 7.20. The Labute approximate surface area is 132 Å². The monoisotopic (exact) mass is 305 g/mol. The van der Waals surface area contributed by atoms with E-state index in [1.165, 1.54) is 16.7 Å². The van der Waals surface area contributed by atoms with Crippen molar-refractivity contribution in [2.24, 2.45) is 5.92 Å². The third-order valence-corrected chi connectivity index (χ3v) is 4.88. The molecule has 0 fully saturated rings. The summed E-state index contributed by atoms with van der Waals surface area (Å²) < 4.78 is 6.06. The highest BCUT2D eigenvalue weighted by Gasteiger charge is 2.16. The molecule has 0 saturated heterocycles. The molecule has 2 rings (SSSR count). The van der Waals surface area contributed by atoms with Crippen molar-refractivity contribution >= 4 is 22.7 Å².